The zero-order valence-electron chi connectivity index (χ0n) is 11.5. The third-order valence-corrected chi connectivity index (χ3v) is 3.83. The van der Waals surface area contributed by atoms with Crippen molar-refractivity contribution in [1.29, 1.82) is 0 Å². The quantitative estimate of drug-likeness (QED) is 0.798. The van der Waals surface area contributed by atoms with Crippen molar-refractivity contribution in [2.75, 3.05) is 6.54 Å². The van der Waals surface area contributed by atoms with E-state index < -0.39 is 11.6 Å². The summed E-state index contributed by atoms with van der Waals surface area (Å²) in [6.45, 7) is 2.65. The molecule has 0 saturated carbocycles. The van der Waals surface area contributed by atoms with Gasteiger partial charge in [0.05, 0.1) is 0 Å². The van der Waals surface area contributed by atoms with E-state index in [1.807, 2.05) is 6.92 Å². The van der Waals surface area contributed by atoms with Crippen LogP contribution in [0.4, 0.5) is 8.78 Å². The Morgan fingerprint density at radius 1 is 1.05 bits per heavy atom. The first-order chi connectivity index (χ1) is 10.0. The fourth-order valence-corrected chi connectivity index (χ4v) is 2.59. The highest BCUT2D eigenvalue weighted by molar-refractivity contribution is 6.33. The van der Waals surface area contributed by atoms with Gasteiger partial charge in [0.15, 0.2) is 11.6 Å². The Hall–Kier alpha value is -1.16. The van der Waals surface area contributed by atoms with Gasteiger partial charge in [0, 0.05) is 16.1 Å². The Balaban J connectivity index is 2.30. The Morgan fingerprint density at radius 3 is 2.48 bits per heavy atom. The minimum absolute atomic E-state index is 0.166. The lowest BCUT2D eigenvalue weighted by atomic mass is 9.98. The summed E-state index contributed by atoms with van der Waals surface area (Å²) < 4.78 is 26.5. The first kappa shape index (κ1) is 16.2. The lowest BCUT2D eigenvalue weighted by molar-refractivity contribution is 0.497. The molecule has 1 atom stereocenters. The third kappa shape index (κ3) is 4.16. The first-order valence-electron chi connectivity index (χ1n) is 6.63. The van der Waals surface area contributed by atoms with Gasteiger partial charge < -0.3 is 5.32 Å². The van der Waals surface area contributed by atoms with Crippen molar-refractivity contribution in [3.05, 3.63) is 69.2 Å². The molecule has 0 saturated heterocycles. The van der Waals surface area contributed by atoms with Gasteiger partial charge in [0.1, 0.15) is 0 Å². The van der Waals surface area contributed by atoms with E-state index in [1.165, 1.54) is 6.07 Å². The van der Waals surface area contributed by atoms with Crippen molar-refractivity contribution in [2.45, 2.75) is 19.4 Å². The van der Waals surface area contributed by atoms with Crippen molar-refractivity contribution in [3.8, 4) is 0 Å². The van der Waals surface area contributed by atoms with Gasteiger partial charge >= 0.3 is 0 Å². The molecule has 0 amide bonds. The van der Waals surface area contributed by atoms with Crippen LogP contribution in [0.25, 0.3) is 0 Å². The fourth-order valence-electron chi connectivity index (χ4n) is 2.20. The Kier molecular flexibility index (Phi) is 5.57. The topological polar surface area (TPSA) is 12.0 Å². The molecule has 0 aliphatic heterocycles. The van der Waals surface area contributed by atoms with Crippen molar-refractivity contribution in [2.24, 2.45) is 0 Å². The molecule has 1 unspecified atom stereocenters. The molecule has 0 heterocycles. The van der Waals surface area contributed by atoms with Crippen molar-refractivity contribution < 1.29 is 8.78 Å². The molecule has 0 bridgehead atoms. The second-order valence-corrected chi connectivity index (χ2v) is 5.57. The van der Waals surface area contributed by atoms with E-state index in [1.54, 1.807) is 24.3 Å². The van der Waals surface area contributed by atoms with E-state index in [4.69, 9.17) is 23.2 Å². The standard InChI is InChI=1S/C16H15Cl2F2N/c1-2-21-16(10-3-6-14(19)15(20)8-10)9-11-7-12(17)4-5-13(11)18/h3-8,16,21H,2,9H2,1H3. The molecule has 0 aliphatic rings. The molecule has 5 heteroatoms. The minimum atomic E-state index is -0.854. The molecule has 21 heavy (non-hydrogen) atoms. The van der Waals surface area contributed by atoms with Gasteiger partial charge in [-0.25, -0.2) is 8.78 Å². The summed E-state index contributed by atoms with van der Waals surface area (Å²) in [5.74, 6) is -1.71. The zero-order chi connectivity index (χ0) is 15.4. The summed E-state index contributed by atoms with van der Waals surface area (Å²) in [4.78, 5) is 0. The number of benzene rings is 2. The van der Waals surface area contributed by atoms with E-state index in [9.17, 15) is 8.78 Å². The van der Waals surface area contributed by atoms with Gasteiger partial charge in [-0.3, -0.25) is 0 Å². The summed E-state index contributed by atoms with van der Waals surface area (Å²) in [6.07, 6.45) is 0.540. The normalized spacial score (nSPS) is 12.4. The Labute approximate surface area is 132 Å². The molecule has 2 rings (SSSR count). The van der Waals surface area contributed by atoms with Crippen LogP contribution in [-0.2, 0) is 6.42 Å². The van der Waals surface area contributed by atoms with Crippen molar-refractivity contribution >= 4 is 23.2 Å². The smallest absolute Gasteiger partial charge is 0.159 e. The molecule has 2 aromatic carbocycles. The van der Waals surface area contributed by atoms with E-state index in [0.29, 0.717) is 28.6 Å². The second-order valence-electron chi connectivity index (χ2n) is 4.72. The van der Waals surface area contributed by atoms with Crippen LogP contribution >= 0.6 is 23.2 Å². The maximum atomic E-state index is 13.4. The highest BCUT2D eigenvalue weighted by atomic mass is 35.5. The average molecular weight is 330 g/mol. The molecule has 1 N–H and O–H groups in total. The van der Waals surface area contributed by atoms with Crippen LogP contribution < -0.4 is 5.32 Å². The van der Waals surface area contributed by atoms with Crippen LogP contribution in [0.15, 0.2) is 36.4 Å². The van der Waals surface area contributed by atoms with Crippen molar-refractivity contribution in [3.63, 3.8) is 0 Å². The van der Waals surface area contributed by atoms with Crippen LogP contribution in [0.3, 0.4) is 0 Å². The second kappa shape index (κ2) is 7.21. The number of hydrogen-bond donors (Lipinski definition) is 1. The average Bonchev–Trinajstić information content (AvgIpc) is 2.45. The molecule has 2 aromatic rings. The van der Waals surface area contributed by atoms with E-state index in [0.717, 1.165) is 11.6 Å². The molecule has 0 fully saturated rings. The van der Waals surface area contributed by atoms with Gasteiger partial charge in [-0.2, -0.15) is 0 Å². The van der Waals surface area contributed by atoms with E-state index in [2.05, 4.69) is 5.32 Å². The van der Waals surface area contributed by atoms with E-state index in [-0.39, 0.29) is 6.04 Å². The van der Waals surface area contributed by atoms with Crippen LogP contribution in [0.5, 0.6) is 0 Å². The number of halogens is 4. The predicted molar refractivity (Wildman–Crippen MR) is 82.9 cm³/mol. The van der Waals surface area contributed by atoms with E-state index >= 15 is 0 Å². The Morgan fingerprint density at radius 2 is 1.81 bits per heavy atom. The van der Waals surface area contributed by atoms with Crippen LogP contribution in [0.2, 0.25) is 10.0 Å². The highest BCUT2D eigenvalue weighted by Crippen LogP contribution is 2.27. The van der Waals surface area contributed by atoms with Gasteiger partial charge in [-0.05, 0) is 54.4 Å². The maximum Gasteiger partial charge on any atom is 0.159 e. The SMILES string of the molecule is CCNC(Cc1cc(Cl)ccc1Cl)c1ccc(F)c(F)c1. The van der Waals surface area contributed by atoms with Gasteiger partial charge in [-0.15, -0.1) is 0 Å². The third-order valence-electron chi connectivity index (χ3n) is 3.23. The summed E-state index contributed by atoms with van der Waals surface area (Å²) in [5.41, 5.74) is 1.53. The molecule has 1 nitrogen and oxygen atoms in total. The highest BCUT2D eigenvalue weighted by Gasteiger charge is 2.15. The van der Waals surface area contributed by atoms with Crippen LogP contribution in [0, 0.1) is 11.6 Å². The molecular weight excluding hydrogens is 315 g/mol. The first-order valence-corrected chi connectivity index (χ1v) is 7.39. The number of likely N-dealkylation sites (N-methyl/N-ethyl adjacent to an activating group) is 1. The predicted octanol–water partition coefficient (Wildman–Crippen LogP) is 5.16. The molecule has 0 radical (unpaired) electrons. The van der Waals surface area contributed by atoms with Crippen LogP contribution in [0.1, 0.15) is 24.1 Å². The summed E-state index contributed by atoms with van der Waals surface area (Å²) in [6, 6.07) is 8.98. The summed E-state index contributed by atoms with van der Waals surface area (Å²) in [5, 5.41) is 4.44. The Bertz CT molecular complexity index is 632. The molecular formula is C16H15Cl2F2N. The van der Waals surface area contributed by atoms with Gasteiger partial charge in [-0.1, -0.05) is 36.2 Å². The van der Waals surface area contributed by atoms with Crippen LogP contribution in [-0.4, -0.2) is 6.54 Å². The summed E-state index contributed by atoms with van der Waals surface area (Å²) >= 11 is 12.1. The lowest BCUT2D eigenvalue weighted by Gasteiger charge is -2.19. The molecule has 0 aromatic heterocycles. The largest absolute Gasteiger partial charge is 0.310 e. The monoisotopic (exact) mass is 329 g/mol. The lowest BCUT2D eigenvalue weighted by Crippen LogP contribution is -2.23. The minimum Gasteiger partial charge on any atom is -0.310 e. The molecule has 112 valence electrons. The number of hydrogen-bond acceptors (Lipinski definition) is 1. The molecule has 0 spiro atoms. The molecule has 0 aliphatic carbocycles. The number of nitrogens with one attached hydrogen (secondary N) is 1. The fraction of sp³-hybridized carbons (Fsp3) is 0.250. The zero-order valence-corrected chi connectivity index (χ0v) is 13.0. The van der Waals surface area contributed by atoms with Gasteiger partial charge in [0.25, 0.3) is 0 Å². The number of rotatable bonds is 5. The summed E-state index contributed by atoms with van der Waals surface area (Å²) in [7, 11) is 0. The van der Waals surface area contributed by atoms with Gasteiger partial charge in [0.2, 0.25) is 0 Å². The van der Waals surface area contributed by atoms with Crippen molar-refractivity contribution in [1.82, 2.24) is 5.32 Å². The maximum absolute atomic E-state index is 13.4.